The van der Waals surface area contributed by atoms with Crippen molar-refractivity contribution in [2.45, 2.75) is 128 Å². The molecular formula is C33H53NO9. The van der Waals surface area contributed by atoms with Crippen molar-refractivity contribution in [1.82, 2.24) is 5.32 Å². The molecule has 6 rings (SSSR count). The zero-order chi connectivity index (χ0) is 31.5. The van der Waals surface area contributed by atoms with E-state index in [1.165, 1.54) is 51.4 Å². The van der Waals surface area contributed by atoms with Crippen molar-refractivity contribution in [3.05, 3.63) is 0 Å². The van der Waals surface area contributed by atoms with Crippen LogP contribution in [0.5, 0.6) is 0 Å². The number of carbonyl (C=O) groups is 3. The topological polar surface area (TPSA) is 174 Å². The summed E-state index contributed by atoms with van der Waals surface area (Å²) in [7, 11) is 0. The molecule has 6 aliphatic rings. The molecule has 0 radical (unpaired) electrons. The Balaban J connectivity index is 0.000000242. The molecule has 2 heterocycles. The first kappa shape index (κ1) is 32.6. The van der Waals surface area contributed by atoms with Crippen LogP contribution < -0.4 is 5.32 Å². The van der Waals surface area contributed by atoms with Crippen molar-refractivity contribution in [1.29, 1.82) is 0 Å². The summed E-state index contributed by atoms with van der Waals surface area (Å²) in [6, 6.07) is 0. The van der Waals surface area contributed by atoms with Gasteiger partial charge in [-0.25, -0.2) is 4.79 Å². The molecule has 6 N–H and O–H groups in total. The Morgan fingerprint density at radius 3 is 2.09 bits per heavy atom. The Morgan fingerprint density at radius 2 is 1.51 bits per heavy atom. The zero-order valence-corrected chi connectivity index (χ0v) is 26.3. The average molecular weight is 608 g/mol. The van der Waals surface area contributed by atoms with Crippen LogP contribution in [-0.2, 0) is 19.1 Å². The lowest BCUT2D eigenvalue weighted by Gasteiger charge is -2.61. The summed E-state index contributed by atoms with van der Waals surface area (Å²) in [5.74, 6) is 0.555. The van der Waals surface area contributed by atoms with Gasteiger partial charge in [0.2, 0.25) is 0 Å². The van der Waals surface area contributed by atoms with Gasteiger partial charge in [0.05, 0.1) is 25.0 Å². The normalized spacial score (nSPS) is 46.9. The molecule has 43 heavy (non-hydrogen) atoms. The third-order valence-electron chi connectivity index (χ3n) is 13.4. The van der Waals surface area contributed by atoms with Gasteiger partial charge in [-0.1, -0.05) is 27.7 Å². The van der Waals surface area contributed by atoms with Gasteiger partial charge in [-0.15, -0.1) is 0 Å². The van der Waals surface area contributed by atoms with Crippen molar-refractivity contribution >= 4 is 17.9 Å². The summed E-state index contributed by atoms with van der Waals surface area (Å²) in [6.07, 6.45) is 11.0. The van der Waals surface area contributed by atoms with Gasteiger partial charge < -0.3 is 30.3 Å². The van der Waals surface area contributed by atoms with E-state index in [0.29, 0.717) is 22.9 Å². The van der Waals surface area contributed by atoms with E-state index in [1.54, 1.807) is 0 Å². The van der Waals surface area contributed by atoms with Gasteiger partial charge in [0.1, 0.15) is 5.72 Å². The van der Waals surface area contributed by atoms with Gasteiger partial charge in [0, 0.05) is 12.5 Å². The number of aliphatic hydroxyl groups is 2. The molecule has 0 aromatic rings. The highest BCUT2D eigenvalue weighted by atomic mass is 16.5. The molecule has 1 spiro atoms. The van der Waals surface area contributed by atoms with Gasteiger partial charge in [-0.05, 0) is 111 Å². The number of nitrogens with one attached hydrogen (secondary N) is 1. The van der Waals surface area contributed by atoms with Crippen molar-refractivity contribution < 1.29 is 44.7 Å². The highest BCUT2D eigenvalue weighted by Crippen LogP contribution is 2.71. The molecule has 4 aliphatic carbocycles. The lowest BCUT2D eigenvalue weighted by molar-refractivity contribution is -0.170. The highest BCUT2D eigenvalue weighted by molar-refractivity contribution is 5.88. The molecule has 0 unspecified atom stereocenters. The Morgan fingerprint density at radius 1 is 0.860 bits per heavy atom. The van der Waals surface area contributed by atoms with E-state index in [-0.39, 0.29) is 11.8 Å². The van der Waals surface area contributed by atoms with Crippen LogP contribution in [0.1, 0.15) is 105 Å². The maximum Gasteiger partial charge on any atom is 0.336 e. The molecule has 0 aromatic carbocycles. The number of fused-ring (bicyclic) bond motifs is 7. The second-order valence-electron chi connectivity index (χ2n) is 15.7. The zero-order valence-electron chi connectivity index (χ0n) is 26.3. The van der Waals surface area contributed by atoms with Crippen LogP contribution in [0.2, 0.25) is 0 Å². The van der Waals surface area contributed by atoms with Gasteiger partial charge in [-0.3, -0.25) is 14.9 Å². The van der Waals surface area contributed by atoms with Crippen LogP contribution in [-0.4, -0.2) is 73.5 Å². The average Bonchev–Trinajstić information content (AvgIpc) is 3.35. The Kier molecular flexibility index (Phi) is 8.77. The summed E-state index contributed by atoms with van der Waals surface area (Å²) in [5, 5.41) is 48.0. The minimum Gasteiger partial charge on any atom is -0.481 e. The molecule has 0 aromatic heterocycles. The van der Waals surface area contributed by atoms with E-state index >= 15 is 0 Å². The first-order valence-electron chi connectivity index (χ1n) is 16.5. The number of carboxylic acids is 3. The van der Waals surface area contributed by atoms with Crippen LogP contribution in [0.15, 0.2) is 0 Å². The predicted molar refractivity (Wildman–Crippen MR) is 157 cm³/mol. The lowest BCUT2D eigenvalue weighted by Crippen LogP contribution is -2.57. The van der Waals surface area contributed by atoms with Gasteiger partial charge >= 0.3 is 17.9 Å². The smallest absolute Gasteiger partial charge is 0.336 e. The first-order chi connectivity index (χ1) is 20.0. The lowest BCUT2D eigenvalue weighted by atomic mass is 9.44. The van der Waals surface area contributed by atoms with Crippen LogP contribution in [0.4, 0.5) is 0 Å². The van der Waals surface area contributed by atoms with Gasteiger partial charge in [0.25, 0.3) is 0 Å². The Hall–Kier alpha value is -1.75. The monoisotopic (exact) mass is 607 g/mol. The van der Waals surface area contributed by atoms with Crippen molar-refractivity contribution in [2.24, 2.45) is 52.3 Å². The van der Waals surface area contributed by atoms with Crippen molar-refractivity contribution in [3.8, 4) is 0 Å². The van der Waals surface area contributed by atoms with E-state index in [1.807, 2.05) is 0 Å². The molecule has 12 atom stereocenters. The minimum absolute atomic E-state index is 0.0319. The third-order valence-corrected chi connectivity index (χ3v) is 13.4. The molecule has 10 nitrogen and oxygen atoms in total. The molecule has 0 amide bonds. The maximum absolute atomic E-state index is 10.3. The van der Waals surface area contributed by atoms with Gasteiger partial charge in [-0.2, -0.15) is 0 Å². The first-order valence-corrected chi connectivity index (χ1v) is 16.5. The number of ether oxygens (including phenoxy) is 1. The molecule has 4 saturated carbocycles. The van der Waals surface area contributed by atoms with E-state index in [4.69, 9.17) is 25.2 Å². The highest BCUT2D eigenvalue weighted by Gasteiger charge is 2.68. The number of aliphatic carboxylic acids is 3. The van der Waals surface area contributed by atoms with E-state index < -0.39 is 36.4 Å². The summed E-state index contributed by atoms with van der Waals surface area (Å²) >= 11 is 0. The van der Waals surface area contributed by atoms with Gasteiger partial charge in [0.15, 0.2) is 5.60 Å². The number of rotatable bonds is 5. The van der Waals surface area contributed by atoms with E-state index in [2.05, 4.69) is 33.0 Å². The summed E-state index contributed by atoms with van der Waals surface area (Å²) in [4.78, 5) is 30.5. The SMILES string of the molecule is C[C@H]1CC[C@]2(NC1)O[C@H]1C[C@H]3[C@@H]4CC[C@H]5C[C@@H](O)CC[C@]5(C)[C@H]4CC[C@]3(C)[C@H]1[C@@H]2C.O=C(O)CC(O)(CC(=O)O)C(=O)O. The number of piperidine rings is 1. The summed E-state index contributed by atoms with van der Waals surface area (Å²) < 4.78 is 7.01. The Bertz CT molecular complexity index is 1070. The van der Waals surface area contributed by atoms with Crippen molar-refractivity contribution in [2.75, 3.05) is 6.54 Å². The second kappa shape index (κ2) is 11.6. The summed E-state index contributed by atoms with van der Waals surface area (Å²) in [5.41, 5.74) is -1.82. The molecule has 244 valence electrons. The fourth-order valence-corrected chi connectivity index (χ4v) is 11.1. The van der Waals surface area contributed by atoms with Crippen LogP contribution in [0.3, 0.4) is 0 Å². The second-order valence-corrected chi connectivity index (χ2v) is 15.7. The van der Waals surface area contributed by atoms with Crippen LogP contribution in [0, 0.1) is 52.3 Å². The fraction of sp³-hybridized carbons (Fsp3) is 0.909. The van der Waals surface area contributed by atoms with Crippen LogP contribution in [0.25, 0.3) is 0 Å². The molecule has 2 saturated heterocycles. The van der Waals surface area contributed by atoms with Crippen LogP contribution >= 0.6 is 0 Å². The summed E-state index contributed by atoms with van der Waals surface area (Å²) in [6.45, 7) is 11.3. The number of hydrogen-bond acceptors (Lipinski definition) is 7. The predicted octanol–water partition coefficient (Wildman–Crippen LogP) is 4.12. The Labute approximate surface area is 255 Å². The molecule has 10 heteroatoms. The minimum atomic E-state index is -2.74. The van der Waals surface area contributed by atoms with Crippen molar-refractivity contribution in [3.63, 3.8) is 0 Å². The van der Waals surface area contributed by atoms with E-state index in [9.17, 15) is 19.5 Å². The molecule has 2 aliphatic heterocycles. The van der Waals surface area contributed by atoms with E-state index in [0.717, 1.165) is 54.9 Å². The fourth-order valence-electron chi connectivity index (χ4n) is 11.1. The number of carboxylic acid groups (broad SMARTS) is 3. The molecule has 0 bridgehead atoms. The maximum atomic E-state index is 10.3. The number of aliphatic hydroxyl groups excluding tert-OH is 1. The molecule has 6 fully saturated rings. The molecular weight excluding hydrogens is 554 g/mol. The quantitative estimate of drug-likeness (QED) is 0.267. The largest absolute Gasteiger partial charge is 0.481 e. The standard InChI is InChI=1S/C27H45NO2.C6H8O7/c1-16-7-12-27(28-15-16)17(2)24-23(30-27)14-22-20-6-5-18-13-19(29)8-10-25(18,3)21(20)9-11-26(22,24)4;7-3(8)1-6(13,5(11)12)2-4(9)10/h16-24,28-29H,5-15H2,1-4H3;13H,1-2H2,(H,7,8)(H,9,10)(H,11,12)/t16-,17-,18-,19-,20+,21-,22-,23-,24-,25-,26-,27-;/m0./s1. The number of hydrogen-bond donors (Lipinski definition) is 6. The third kappa shape index (κ3) is 5.63.